The molecule has 0 spiro atoms. The van der Waals surface area contributed by atoms with E-state index in [2.05, 4.69) is 10.0 Å². The summed E-state index contributed by atoms with van der Waals surface area (Å²) in [6.07, 6.45) is 4.48. The number of Topliss-reactive ketones (excluding diaryl/α,β-unsaturated/α-hetero) is 2. The number of aldehydes is 1. The number of ketones is 2. The Morgan fingerprint density at radius 2 is 2.29 bits per heavy atom. The third-order valence-electron chi connectivity index (χ3n) is 4.10. The molecule has 0 N–H and O–H groups in total. The summed E-state index contributed by atoms with van der Waals surface area (Å²) in [5.74, 6) is 0.577. The Hall–Kier alpha value is -1.68. The molecule has 0 aromatic rings. The molecule has 1 aliphatic rings. The van der Waals surface area contributed by atoms with Crippen LogP contribution >= 0.6 is 0 Å². The molecule has 0 saturated heterocycles. The molecule has 1 rings (SSSR count). The number of hydrogen-bond donors (Lipinski definition) is 0. The average Bonchev–Trinajstić information content (AvgIpc) is 2.43. The lowest BCUT2D eigenvalue weighted by atomic mass is 9.70. The van der Waals surface area contributed by atoms with Crippen molar-refractivity contribution < 1.29 is 14.4 Å². The first kappa shape index (κ1) is 17.4. The predicted octanol–water partition coefficient (Wildman–Crippen LogP) is 3.25. The summed E-state index contributed by atoms with van der Waals surface area (Å²) in [7, 11) is 0. The molecule has 1 aliphatic carbocycles. The summed E-state index contributed by atoms with van der Waals surface area (Å²) >= 11 is 0. The molecular weight excluding hydrogens is 270 g/mol. The van der Waals surface area contributed by atoms with Crippen molar-refractivity contribution in [3.8, 4) is 0 Å². The normalized spacial score (nSPS) is 25.2. The monoisotopic (exact) mass is 293 g/mol. The maximum atomic E-state index is 12.2. The van der Waals surface area contributed by atoms with E-state index in [4.69, 9.17) is 5.53 Å². The van der Waals surface area contributed by atoms with Crippen molar-refractivity contribution in [3.05, 3.63) is 10.4 Å². The van der Waals surface area contributed by atoms with Crippen LogP contribution in [0.5, 0.6) is 0 Å². The van der Waals surface area contributed by atoms with Crippen LogP contribution in [0.2, 0.25) is 0 Å². The van der Waals surface area contributed by atoms with Gasteiger partial charge >= 0.3 is 0 Å². The lowest BCUT2D eigenvalue weighted by Crippen LogP contribution is -2.33. The van der Waals surface area contributed by atoms with Crippen LogP contribution in [0, 0.1) is 17.8 Å². The number of carbonyl (C=O) groups is 3. The van der Waals surface area contributed by atoms with Gasteiger partial charge in [-0.1, -0.05) is 12.0 Å². The van der Waals surface area contributed by atoms with Crippen LogP contribution in [0.4, 0.5) is 0 Å². The van der Waals surface area contributed by atoms with Gasteiger partial charge in [-0.2, -0.15) is 0 Å². The Kier molecular flexibility index (Phi) is 7.69. The molecule has 0 heterocycles. The SMILES string of the molecule is C[C@H]1CC(=O)C(CCCN=[N+]=[N-])[C@H](CC(=O)CCC=O)C1. The summed E-state index contributed by atoms with van der Waals surface area (Å²) in [6.45, 7) is 2.43. The zero-order chi connectivity index (χ0) is 15.7. The summed E-state index contributed by atoms with van der Waals surface area (Å²) in [5, 5.41) is 3.49. The fourth-order valence-corrected chi connectivity index (χ4v) is 3.19. The van der Waals surface area contributed by atoms with Gasteiger partial charge < -0.3 is 4.79 Å². The van der Waals surface area contributed by atoms with Gasteiger partial charge in [0.05, 0.1) is 0 Å². The molecule has 3 atom stereocenters. The molecular formula is C15H23N3O3. The first-order valence-corrected chi connectivity index (χ1v) is 7.57. The number of azide groups is 1. The minimum atomic E-state index is -0.102. The van der Waals surface area contributed by atoms with Gasteiger partial charge in [0.15, 0.2) is 0 Å². The van der Waals surface area contributed by atoms with Crippen molar-refractivity contribution in [1.29, 1.82) is 0 Å². The fourth-order valence-electron chi connectivity index (χ4n) is 3.19. The van der Waals surface area contributed by atoms with Crippen LogP contribution in [0.3, 0.4) is 0 Å². The molecule has 0 bridgehead atoms. The number of nitrogens with zero attached hydrogens (tertiary/aromatic N) is 3. The minimum absolute atomic E-state index is 0.0639. The lowest BCUT2D eigenvalue weighted by molar-refractivity contribution is -0.130. The third kappa shape index (κ3) is 6.08. The van der Waals surface area contributed by atoms with Crippen LogP contribution in [0.25, 0.3) is 10.4 Å². The number of hydrogen-bond acceptors (Lipinski definition) is 4. The highest BCUT2D eigenvalue weighted by Crippen LogP contribution is 2.36. The number of rotatable bonds is 9. The Bertz CT molecular complexity index is 430. The van der Waals surface area contributed by atoms with E-state index >= 15 is 0 Å². The first-order valence-electron chi connectivity index (χ1n) is 7.57. The van der Waals surface area contributed by atoms with Crippen LogP contribution < -0.4 is 0 Å². The van der Waals surface area contributed by atoms with Gasteiger partial charge in [-0.3, -0.25) is 9.59 Å². The second-order valence-corrected chi connectivity index (χ2v) is 5.92. The molecule has 6 heteroatoms. The van der Waals surface area contributed by atoms with E-state index in [1.54, 1.807) is 0 Å². The van der Waals surface area contributed by atoms with Gasteiger partial charge in [0, 0.05) is 43.1 Å². The smallest absolute Gasteiger partial charge is 0.136 e. The molecule has 0 aromatic heterocycles. The van der Waals surface area contributed by atoms with Crippen molar-refractivity contribution in [2.45, 2.75) is 51.9 Å². The topological polar surface area (TPSA) is 100.0 Å². The Balaban J connectivity index is 2.59. The van der Waals surface area contributed by atoms with E-state index in [0.717, 1.165) is 12.7 Å². The molecule has 0 aromatic carbocycles. The molecule has 0 radical (unpaired) electrons. The van der Waals surface area contributed by atoms with Crippen LogP contribution in [-0.2, 0) is 14.4 Å². The molecule has 0 aliphatic heterocycles. The molecule has 1 saturated carbocycles. The van der Waals surface area contributed by atoms with Crippen LogP contribution in [0.1, 0.15) is 51.9 Å². The van der Waals surface area contributed by atoms with Gasteiger partial charge in [0.25, 0.3) is 0 Å². The van der Waals surface area contributed by atoms with Crippen LogP contribution in [-0.4, -0.2) is 24.4 Å². The summed E-state index contributed by atoms with van der Waals surface area (Å²) in [4.78, 5) is 37.1. The highest BCUT2D eigenvalue weighted by Gasteiger charge is 2.35. The molecule has 116 valence electrons. The molecule has 6 nitrogen and oxygen atoms in total. The van der Waals surface area contributed by atoms with Gasteiger partial charge in [-0.25, -0.2) is 0 Å². The van der Waals surface area contributed by atoms with Crippen molar-refractivity contribution in [2.24, 2.45) is 22.9 Å². The third-order valence-corrected chi connectivity index (χ3v) is 4.10. The second kappa shape index (κ2) is 9.29. The molecule has 1 unspecified atom stereocenters. The van der Waals surface area contributed by atoms with E-state index in [-0.39, 0.29) is 36.2 Å². The van der Waals surface area contributed by atoms with Gasteiger partial charge in [-0.15, -0.1) is 0 Å². The van der Waals surface area contributed by atoms with E-state index in [1.807, 2.05) is 6.92 Å². The maximum absolute atomic E-state index is 12.2. The highest BCUT2D eigenvalue weighted by atomic mass is 16.1. The summed E-state index contributed by atoms with van der Waals surface area (Å²) in [5.41, 5.74) is 8.26. The van der Waals surface area contributed by atoms with Crippen molar-refractivity contribution in [1.82, 2.24) is 0 Å². The molecule has 0 amide bonds. The first-order chi connectivity index (χ1) is 10.1. The number of carbonyl (C=O) groups excluding carboxylic acids is 3. The largest absolute Gasteiger partial charge is 0.303 e. The Labute approximate surface area is 124 Å². The fraction of sp³-hybridized carbons (Fsp3) is 0.800. The van der Waals surface area contributed by atoms with Crippen molar-refractivity contribution in [2.75, 3.05) is 6.54 Å². The molecule has 1 fully saturated rings. The van der Waals surface area contributed by atoms with Crippen molar-refractivity contribution in [3.63, 3.8) is 0 Å². The minimum Gasteiger partial charge on any atom is -0.303 e. The lowest BCUT2D eigenvalue weighted by Gasteiger charge is -2.33. The van der Waals surface area contributed by atoms with E-state index in [0.29, 0.717) is 38.1 Å². The summed E-state index contributed by atoms with van der Waals surface area (Å²) in [6, 6.07) is 0. The van der Waals surface area contributed by atoms with E-state index in [9.17, 15) is 14.4 Å². The van der Waals surface area contributed by atoms with E-state index in [1.165, 1.54) is 0 Å². The van der Waals surface area contributed by atoms with Gasteiger partial charge in [-0.05, 0) is 36.6 Å². The zero-order valence-electron chi connectivity index (χ0n) is 12.5. The van der Waals surface area contributed by atoms with Crippen molar-refractivity contribution >= 4 is 17.9 Å². The Morgan fingerprint density at radius 1 is 1.52 bits per heavy atom. The second-order valence-electron chi connectivity index (χ2n) is 5.92. The van der Waals surface area contributed by atoms with Gasteiger partial charge in [0.2, 0.25) is 0 Å². The summed E-state index contributed by atoms with van der Waals surface area (Å²) < 4.78 is 0. The zero-order valence-corrected chi connectivity index (χ0v) is 12.5. The quantitative estimate of drug-likeness (QED) is 0.214. The molecule has 21 heavy (non-hydrogen) atoms. The van der Waals surface area contributed by atoms with E-state index < -0.39 is 0 Å². The van der Waals surface area contributed by atoms with Gasteiger partial charge in [0.1, 0.15) is 17.9 Å². The average molecular weight is 293 g/mol. The Morgan fingerprint density at radius 3 is 2.95 bits per heavy atom. The standard InChI is InChI=1S/C15H23N3O3/c1-11-8-12(10-13(20)4-3-7-19)14(15(21)9-11)5-2-6-17-18-16/h7,11-12,14H,2-6,8-10H2,1H3/t11-,12+,14?/m1/s1. The van der Waals surface area contributed by atoms with Crippen LogP contribution in [0.15, 0.2) is 5.11 Å². The highest BCUT2D eigenvalue weighted by molar-refractivity contribution is 5.85. The predicted molar refractivity (Wildman–Crippen MR) is 78.6 cm³/mol. The maximum Gasteiger partial charge on any atom is 0.136 e.